The number of amides is 1. The molecule has 0 saturated carbocycles. The van der Waals surface area contributed by atoms with Crippen LogP contribution in [0.4, 0.5) is 5.69 Å². The molecule has 2 rings (SSSR count). The molecule has 144 valence electrons. The molecule has 1 aromatic carbocycles. The topological polar surface area (TPSA) is 104 Å². The number of carbonyl (C=O) groups is 2. The van der Waals surface area contributed by atoms with Crippen LogP contribution in [-0.2, 0) is 25.0 Å². The van der Waals surface area contributed by atoms with Gasteiger partial charge in [0.2, 0.25) is 15.9 Å². The molecule has 26 heavy (non-hydrogen) atoms. The van der Waals surface area contributed by atoms with E-state index in [0.29, 0.717) is 37.1 Å². The molecule has 0 bridgehead atoms. The number of hydrogen-bond donors (Lipinski definition) is 2. The molecule has 0 spiro atoms. The maximum absolute atomic E-state index is 12.6. The summed E-state index contributed by atoms with van der Waals surface area (Å²) in [5.41, 5.74) is 0.106. The van der Waals surface area contributed by atoms with Crippen molar-refractivity contribution in [1.82, 2.24) is 4.31 Å². The summed E-state index contributed by atoms with van der Waals surface area (Å²) in [7, 11) is -3.42. The number of hydrogen-bond acceptors (Lipinski definition) is 4. The lowest BCUT2D eigenvalue weighted by molar-refractivity contribution is -0.142. The normalized spacial score (nSPS) is 18.7. The quantitative estimate of drug-likeness (QED) is 0.752. The number of carbonyl (C=O) groups excluding carboxylic acids is 1. The van der Waals surface area contributed by atoms with E-state index >= 15 is 0 Å². The first-order chi connectivity index (χ1) is 12.1. The molecule has 0 aromatic heterocycles. The van der Waals surface area contributed by atoms with Crippen molar-refractivity contribution in [3.05, 3.63) is 29.8 Å². The van der Waals surface area contributed by atoms with Crippen molar-refractivity contribution < 1.29 is 23.1 Å². The van der Waals surface area contributed by atoms with E-state index in [1.807, 2.05) is 0 Å². The van der Waals surface area contributed by atoms with Gasteiger partial charge in [-0.1, -0.05) is 19.1 Å². The minimum absolute atomic E-state index is 0.0374. The summed E-state index contributed by atoms with van der Waals surface area (Å²) < 4.78 is 25.9. The van der Waals surface area contributed by atoms with Gasteiger partial charge >= 0.3 is 5.97 Å². The maximum atomic E-state index is 12.6. The Balaban J connectivity index is 2.11. The highest BCUT2D eigenvalue weighted by Crippen LogP contribution is 2.26. The van der Waals surface area contributed by atoms with E-state index in [0.717, 1.165) is 0 Å². The second-order valence-electron chi connectivity index (χ2n) is 7.08. The lowest BCUT2D eigenvalue weighted by Gasteiger charge is -2.23. The molecule has 8 heteroatoms. The van der Waals surface area contributed by atoms with Crippen LogP contribution in [0.5, 0.6) is 0 Å². The largest absolute Gasteiger partial charge is 0.481 e. The van der Waals surface area contributed by atoms with Gasteiger partial charge in [0, 0.05) is 12.2 Å². The second-order valence-corrected chi connectivity index (χ2v) is 9.12. The molecule has 1 aromatic rings. The molecule has 7 nitrogen and oxygen atoms in total. The van der Waals surface area contributed by atoms with Gasteiger partial charge < -0.3 is 10.4 Å². The number of carboxylic acid groups (broad SMARTS) is 1. The zero-order valence-electron chi connectivity index (χ0n) is 15.4. The lowest BCUT2D eigenvalue weighted by Crippen LogP contribution is -2.44. The van der Waals surface area contributed by atoms with Crippen LogP contribution in [-0.4, -0.2) is 48.0 Å². The van der Waals surface area contributed by atoms with E-state index in [1.54, 1.807) is 45.0 Å². The number of sulfonamides is 1. The van der Waals surface area contributed by atoms with Crippen molar-refractivity contribution >= 4 is 27.6 Å². The van der Waals surface area contributed by atoms with Crippen LogP contribution in [0.2, 0.25) is 0 Å². The van der Waals surface area contributed by atoms with Crippen LogP contribution in [0, 0.1) is 0 Å². The average Bonchev–Trinajstić information content (AvgIpc) is 3.06. The first-order valence-corrected chi connectivity index (χ1v) is 10.3. The van der Waals surface area contributed by atoms with Gasteiger partial charge in [-0.2, -0.15) is 4.31 Å². The number of nitrogens with zero attached hydrogens (tertiary/aromatic N) is 1. The van der Waals surface area contributed by atoms with Crippen molar-refractivity contribution in [2.75, 3.05) is 17.6 Å². The SMILES string of the molecule is CCCS(=O)(=O)N1CCCC1C(=O)Nc1ccc(C(C)(C)C(=O)O)cc1. The third kappa shape index (κ3) is 4.24. The van der Waals surface area contributed by atoms with Gasteiger partial charge in [0.05, 0.1) is 11.2 Å². The second kappa shape index (κ2) is 7.75. The Morgan fingerprint density at radius 3 is 2.42 bits per heavy atom. The molecule has 1 heterocycles. The zero-order chi connectivity index (χ0) is 19.5. The highest BCUT2D eigenvalue weighted by Gasteiger charge is 2.38. The number of rotatable bonds is 7. The molecule has 1 aliphatic heterocycles. The molecule has 1 fully saturated rings. The van der Waals surface area contributed by atoms with Crippen LogP contribution in [0.1, 0.15) is 45.6 Å². The minimum Gasteiger partial charge on any atom is -0.481 e. The first kappa shape index (κ1) is 20.4. The molecular formula is C18H26N2O5S. The number of anilines is 1. The van der Waals surface area contributed by atoms with Gasteiger partial charge in [-0.15, -0.1) is 0 Å². The Kier molecular flexibility index (Phi) is 6.08. The molecule has 1 unspecified atom stereocenters. The third-order valence-corrected chi connectivity index (χ3v) is 6.81. The fourth-order valence-corrected chi connectivity index (χ4v) is 4.78. The molecule has 1 saturated heterocycles. The van der Waals surface area contributed by atoms with Crippen LogP contribution < -0.4 is 5.32 Å². The monoisotopic (exact) mass is 382 g/mol. The van der Waals surface area contributed by atoms with Crippen molar-refractivity contribution in [2.45, 2.75) is 51.5 Å². The van der Waals surface area contributed by atoms with Gasteiger partial charge in [0.1, 0.15) is 6.04 Å². The number of nitrogens with one attached hydrogen (secondary N) is 1. The molecule has 2 N–H and O–H groups in total. The standard InChI is InChI=1S/C18H26N2O5S/c1-4-12-26(24,25)20-11-5-6-15(20)16(21)19-14-9-7-13(8-10-14)18(2,3)17(22)23/h7-10,15H,4-6,11-12H2,1-3H3,(H,19,21)(H,22,23). The number of benzene rings is 1. The van der Waals surface area contributed by atoms with Crippen LogP contribution in [0.15, 0.2) is 24.3 Å². The highest BCUT2D eigenvalue weighted by molar-refractivity contribution is 7.89. The summed E-state index contributed by atoms with van der Waals surface area (Å²) in [6, 6.07) is 5.89. The van der Waals surface area contributed by atoms with Gasteiger partial charge in [-0.25, -0.2) is 8.42 Å². The lowest BCUT2D eigenvalue weighted by atomic mass is 9.85. The zero-order valence-corrected chi connectivity index (χ0v) is 16.2. The van der Waals surface area contributed by atoms with Gasteiger partial charge in [-0.05, 0) is 50.8 Å². The smallest absolute Gasteiger partial charge is 0.313 e. The molecule has 0 aliphatic carbocycles. The van der Waals surface area contributed by atoms with Crippen LogP contribution in [0.3, 0.4) is 0 Å². The van der Waals surface area contributed by atoms with E-state index in [-0.39, 0.29) is 11.7 Å². The summed E-state index contributed by atoms with van der Waals surface area (Å²) in [6.07, 6.45) is 1.67. The first-order valence-electron chi connectivity index (χ1n) is 8.74. The summed E-state index contributed by atoms with van der Waals surface area (Å²) >= 11 is 0. The van der Waals surface area contributed by atoms with E-state index < -0.39 is 27.4 Å². The van der Waals surface area contributed by atoms with Crippen molar-refractivity contribution in [2.24, 2.45) is 0 Å². The molecular weight excluding hydrogens is 356 g/mol. The van der Waals surface area contributed by atoms with Gasteiger partial charge in [0.25, 0.3) is 0 Å². The summed E-state index contributed by atoms with van der Waals surface area (Å²) in [5.74, 6) is -1.25. The van der Waals surface area contributed by atoms with Gasteiger partial charge in [0.15, 0.2) is 0 Å². The molecule has 1 atom stereocenters. The maximum Gasteiger partial charge on any atom is 0.313 e. The summed E-state index contributed by atoms with van der Waals surface area (Å²) in [6.45, 7) is 5.38. The Labute approximate surface area is 154 Å². The summed E-state index contributed by atoms with van der Waals surface area (Å²) in [4.78, 5) is 23.9. The van der Waals surface area contributed by atoms with E-state index in [9.17, 15) is 23.1 Å². The predicted molar refractivity (Wildman–Crippen MR) is 99.5 cm³/mol. The highest BCUT2D eigenvalue weighted by atomic mass is 32.2. The fourth-order valence-electron chi connectivity index (χ4n) is 3.03. The Morgan fingerprint density at radius 1 is 1.27 bits per heavy atom. The fraction of sp³-hybridized carbons (Fsp3) is 0.556. The molecule has 0 radical (unpaired) electrons. The Hall–Kier alpha value is -1.93. The molecule has 1 amide bonds. The minimum atomic E-state index is -3.42. The number of aliphatic carboxylic acids is 1. The van der Waals surface area contributed by atoms with E-state index in [4.69, 9.17) is 0 Å². The Morgan fingerprint density at radius 2 is 1.88 bits per heavy atom. The number of carboxylic acids is 1. The van der Waals surface area contributed by atoms with Crippen molar-refractivity contribution in [1.29, 1.82) is 0 Å². The third-order valence-electron chi connectivity index (χ3n) is 4.73. The van der Waals surface area contributed by atoms with Gasteiger partial charge in [-0.3, -0.25) is 9.59 Å². The van der Waals surface area contributed by atoms with Crippen molar-refractivity contribution in [3.8, 4) is 0 Å². The van der Waals surface area contributed by atoms with Crippen molar-refractivity contribution in [3.63, 3.8) is 0 Å². The van der Waals surface area contributed by atoms with Crippen LogP contribution >= 0.6 is 0 Å². The predicted octanol–water partition coefficient (Wildman–Crippen LogP) is 2.19. The van der Waals surface area contributed by atoms with E-state index in [2.05, 4.69) is 5.32 Å². The average molecular weight is 382 g/mol. The van der Waals surface area contributed by atoms with Crippen LogP contribution in [0.25, 0.3) is 0 Å². The Bertz CT molecular complexity index is 771. The molecule has 1 aliphatic rings. The van der Waals surface area contributed by atoms with E-state index in [1.165, 1.54) is 4.31 Å². The summed E-state index contributed by atoms with van der Waals surface area (Å²) in [5, 5.41) is 12.0.